The summed E-state index contributed by atoms with van der Waals surface area (Å²) in [7, 11) is 1.83. The molecule has 0 bridgehead atoms. The molecular weight excluding hydrogens is 276 g/mol. The van der Waals surface area contributed by atoms with Crippen molar-refractivity contribution in [3.8, 4) is 0 Å². The molecule has 1 aromatic carbocycles. The van der Waals surface area contributed by atoms with Crippen molar-refractivity contribution in [1.29, 1.82) is 0 Å². The Labute approximate surface area is 131 Å². The van der Waals surface area contributed by atoms with Gasteiger partial charge in [-0.05, 0) is 24.3 Å². The number of rotatable bonds is 3. The van der Waals surface area contributed by atoms with Gasteiger partial charge in [0.1, 0.15) is 5.76 Å². The Morgan fingerprint density at radius 1 is 1.09 bits per heavy atom. The number of hydrogen-bond donors (Lipinski definition) is 1. The number of furan rings is 1. The summed E-state index contributed by atoms with van der Waals surface area (Å²) in [5, 5.41) is 3.36. The van der Waals surface area contributed by atoms with Crippen LogP contribution >= 0.6 is 0 Å². The minimum absolute atomic E-state index is 0.665. The van der Waals surface area contributed by atoms with Gasteiger partial charge in [-0.15, -0.1) is 0 Å². The second-order valence-corrected chi connectivity index (χ2v) is 5.29. The van der Waals surface area contributed by atoms with E-state index >= 15 is 0 Å². The molecule has 5 nitrogen and oxygen atoms in total. The van der Waals surface area contributed by atoms with Crippen molar-refractivity contribution < 1.29 is 4.42 Å². The SMILES string of the molecule is CN=C(NCc1ccco1)N1CCN(c2ccccc2)CC1. The summed E-state index contributed by atoms with van der Waals surface area (Å²) in [6.45, 7) is 4.61. The van der Waals surface area contributed by atoms with Gasteiger partial charge in [-0.25, -0.2) is 0 Å². The molecule has 1 aromatic heterocycles. The van der Waals surface area contributed by atoms with Crippen LogP contribution < -0.4 is 10.2 Å². The molecule has 0 saturated carbocycles. The highest BCUT2D eigenvalue weighted by atomic mass is 16.3. The van der Waals surface area contributed by atoms with E-state index in [2.05, 4.69) is 50.4 Å². The highest BCUT2D eigenvalue weighted by Gasteiger charge is 2.19. The topological polar surface area (TPSA) is 44.0 Å². The van der Waals surface area contributed by atoms with E-state index in [1.807, 2.05) is 19.2 Å². The van der Waals surface area contributed by atoms with Gasteiger partial charge in [0, 0.05) is 38.9 Å². The fourth-order valence-corrected chi connectivity index (χ4v) is 2.73. The average Bonchev–Trinajstić information content (AvgIpc) is 3.10. The Kier molecular flexibility index (Phi) is 4.63. The lowest BCUT2D eigenvalue weighted by atomic mass is 10.2. The van der Waals surface area contributed by atoms with Crippen LogP contribution in [0.4, 0.5) is 5.69 Å². The maximum Gasteiger partial charge on any atom is 0.194 e. The van der Waals surface area contributed by atoms with Crippen LogP contribution in [0.2, 0.25) is 0 Å². The molecule has 0 unspecified atom stereocenters. The van der Waals surface area contributed by atoms with Crippen molar-refractivity contribution >= 4 is 11.6 Å². The summed E-state index contributed by atoms with van der Waals surface area (Å²) >= 11 is 0. The van der Waals surface area contributed by atoms with Gasteiger partial charge in [0.15, 0.2) is 5.96 Å². The van der Waals surface area contributed by atoms with E-state index in [-0.39, 0.29) is 0 Å². The van der Waals surface area contributed by atoms with E-state index in [9.17, 15) is 0 Å². The first-order chi connectivity index (χ1) is 10.9. The number of hydrogen-bond acceptors (Lipinski definition) is 3. The van der Waals surface area contributed by atoms with Crippen molar-refractivity contribution in [2.45, 2.75) is 6.54 Å². The zero-order chi connectivity index (χ0) is 15.2. The second kappa shape index (κ2) is 7.02. The summed E-state index contributed by atoms with van der Waals surface area (Å²) in [4.78, 5) is 9.09. The van der Waals surface area contributed by atoms with Gasteiger partial charge in [-0.1, -0.05) is 18.2 Å². The zero-order valence-corrected chi connectivity index (χ0v) is 12.9. The first kappa shape index (κ1) is 14.5. The van der Waals surface area contributed by atoms with Crippen molar-refractivity contribution in [2.75, 3.05) is 38.1 Å². The van der Waals surface area contributed by atoms with E-state index < -0.39 is 0 Å². The fourth-order valence-electron chi connectivity index (χ4n) is 2.73. The van der Waals surface area contributed by atoms with Crippen molar-refractivity contribution in [3.63, 3.8) is 0 Å². The van der Waals surface area contributed by atoms with Crippen LogP contribution in [0.25, 0.3) is 0 Å². The molecule has 2 aromatic rings. The number of benzene rings is 1. The average molecular weight is 298 g/mol. The number of aliphatic imine (C=N–C) groups is 1. The Morgan fingerprint density at radius 2 is 1.86 bits per heavy atom. The molecule has 22 heavy (non-hydrogen) atoms. The van der Waals surface area contributed by atoms with Gasteiger partial charge in [0.2, 0.25) is 0 Å². The van der Waals surface area contributed by atoms with E-state index in [0.717, 1.165) is 37.9 Å². The molecule has 0 atom stereocenters. The molecule has 1 aliphatic heterocycles. The zero-order valence-electron chi connectivity index (χ0n) is 12.9. The maximum atomic E-state index is 5.35. The van der Waals surface area contributed by atoms with E-state index in [0.29, 0.717) is 6.54 Å². The standard InChI is InChI=1S/C17H22N4O/c1-18-17(19-14-16-8-5-13-22-16)21-11-9-20(10-12-21)15-6-3-2-4-7-15/h2-8,13H,9-12,14H2,1H3,(H,18,19). The normalized spacial score (nSPS) is 16.0. The van der Waals surface area contributed by atoms with Crippen LogP contribution in [0.5, 0.6) is 0 Å². The maximum absolute atomic E-state index is 5.35. The van der Waals surface area contributed by atoms with Crippen molar-refractivity contribution in [1.82, 2.24) is 10.2 Å². The van der Waals surface area contributed by atoms with Crippen LogP contribution in [0.3, 0.4) is 0 Å². The summed E-state index contributed by atoms with van der Waals surface area (Å²) in [6, 6.07) is 14.4. The van der Waals surface area contributed by atoms with Crippen molar-refractivity contribution in [3.05, 3.63) is 54.5 Å². The predicted molar refractivity (Wildman–Crippen MR) is 89.1 cm³/mol. The number of anilines is 1. The fraction of sp³-hybridized carbons (Fsp3) is 0.353. The van der Waals surface area contributed by atoms with Gasteiger partial charge in [0.05, 0.1) is 12.8 Å². The number of para-hydroxylation sites is 1. The molecule has 0 aliphatic carbocycles. The first-order valence-electron chi connectivity index (χ1n) is 7.65. The number of guanidine groups is 1. The first-order valence-corrected chi connectivity index (χ1v) is 7.65. The number of nitrogens with one attached hydrogen (secondary N) is 1. The highest BCUT2D eigenvalue weighted by molar-refractivity contribution is 5.80. The van der Waals surface area contributed by atoms with Gasteiger partial charge < -0.3 is 19.5 Å². The third kappa shape index (κ3) is 3.42. The molecule has 0 radical (unpaired) electrons. The van der Waals surface area contributed by atoms with Gasteiger partial charge in [-0.2, -0.15) is 0 Å². The molecule has 1 N–H and O–H groups in total. The van der Waals surface area contributed by atoms with E-state index in [1.165, 1.54) is 5.69 Å². The summed E-state index contributed by atoms with van der Waals surface area (Å²) in [5.74, 6) is 1.85. The molecule has 5 heteroatoms. The lowest BCUT2D eigenvalue weighted by Crippen LogP contribution is -2.52. The van der Waals surface area contributed by atoms with Crippen LogP contribution in [0.1, 0.15) is 5.76 Å². The minimum Gasteiger partial charge on any atom is -0.467 e. The number of piperazine rings is 1. The molecule has 0 amide bonds. The Morgan fingerprint density at radius 3 is 2.50 bits per heavy atom. The van der Waals surface area contributed by atoms with Crippen LogP contribution in [0.15, 0.2) is 58.1 Å². The van der Waals surface area contributed by atoms with Crippen LogP contribution in [0, 0.1) is 0 Å². The summed E-state index contributed by atoms with van der Waals surface area (Å²) < 4.78 is 5.35. The molecule has 116 valence electrons. The molecule has 1 saturated heterocycles. The Hall–Kier alpha value is -2.43. The molecule has 1 fully saturated rings. The van der Waals surface area contributed by atoms with Gasteiger partial charge in [-0.3, -0.25) is 4.99 Å². The van der Waals surface area contributed by atoms with Gasteiger partial charge >= 0.3 is 0 Å². The smallest absolute Gasteiger partial charge is 0.194 e. The molecule has 2 heterocycles. The predicted octanol–water partition coefficient (Wildman–Crippen LogP) is 2.18. The van der Waals surface area contributed by atoms with E-state index in [1.54, 1.807) is 6.26 Å². The Balaban J connectivity index is 1.53. The minimum atomic E-state index is 0.665. The monoisotopic (exact) mass is 298 g/mol. The van der Waals surface area contributed by atoms with Crippen LogP contribution in [-0.2, 0) is 6.54 Å². The lowest BCUT2D eigenvalue weighted by molar-refractivity contribution is 0.370. The highest BCUT2D eigenvalue weighted by Crippen LogP contribution is 2.15. The van der Waals surface area contributed by atoms with Crippen molar-refractivity contribution in [2.24, 2.45) is 4.99 Å². The quantitative estimate of drug-likeness (QED) is 0.697. The van der Waals surface area contributed by atoms with Gasteiger partial charge in [0.25, 0.3) is 0 Å². The van der Waals surface area contributed by atoms with E-state index in [4.69, 9.17) is 4.42 Å². The third-order valence-corrected chi connectivity index (χ3v) is 3.91. The molecule has 1 aliphatic rings. The molecule has 3 rings (SSSR count). The number of nitrogens with zero attached hydrogens (tertiary/aromatic N) is 3. The largest absolute Gasteiger partial charge is 0.467 e. The molecule has 0 spiro atoms. The second-order valence-electron chi connectivity index (χ2n) is 5.29. The Bertz CT molecular complexity index is 586. The third-order valence-electron chi connectivity index (χ3n) is 3.91. The molecular formula is C17H22N4O. The summed E-state index contributed by atoms with van der Waals surface area (Å²) in [6.07, 6.45) is 1.69. The lowest BCUT2D eigenvalue weighted by Gasteiger charge is -2.37. The summed E-state index contributed by atoms with van der Waals surface area (Å²) in [5.41, 5.74) is 1.29. The van der Waals surface area contributed by atoms with Crippen LogP contribution in [-0.4, -0.2) is 44.1 Å².